The van der Waals surface area contributed by atoms with Crippen molar-refractivity contribution in [3.8, 4) is 0 Å². The quantitative estimate of drug-likeness (QED) is 0.702. The normalized spacial score (nSPS) is 11.9. The number of rotatable bonds is 5. The van der Waals surface area contributed by atoms with Crippen molar-refractivity contribution in [2.75, 3.05) is 23.0 Å². The van der Waals surface area contributed by atoms with E-state index < -0.39 is 16.0 Å². The molecule has 0 aliphatic heterocycles. The van der Waals surface area contributed by atoms with Gasteiger partial charge in [0.15, 0.2) is 0 Å². The molecule has 0 aromatic carbocycles. The Morgan fingerprint density at radius 3 is 1.58 bits per heavy atom. The Balaban J connectivity index is 0. The van der Waals surface area contributed by atoms with Gasteiger partial charge in [-0.15, -0.1) is 0 Å². The van der Waals surface area contributed by atoms with Crippen LogP contribution in [0.15, 0.2) is 0 Å². The molecular weight excluding hydrogens is 200 g/mol. The molecule has 72 valence electrons. The Morgan fingerprint density at radius 2 is 1.50 bits per heavy atom. The van der Waals surface area contributed by atoms with E-state index in [1.54, 1.807) is 0 Å². The van der Waals surface area contributed by atoms with Crippen LogP contribution in [0.1, 0.15) is 20.8 Å². The molecule has 4 heteroatoms. The molecule has 2 nitrogen and oxygen atoms in total. The van der Waals surface area contributed by atoms with E-state index in [4.69, 9.17) is 5.11 Å². The SMILES string of the molecule is CCS(CC)(CC)CC(=O)O.[CaH2]. The van der Waals surface area contributed by atoms with Gasteiger partial charge >= 0.3 is 43.7 Å². The summed E-state index contributed by atoms with van der Waals surface area (Å²) in [6, 6.07) is 0. The second kappa shape index (κ2) is 7.48. The van der Waals surface area contributed by atoms with Gasteiger partial charge in [-0.05, 0) is 17.3 Å². The number of aliphatic carboxylic acids is 1. The van der Waals surface area contributed by atoms with Crippen molar-refractivity contribution in [1.29, 1.82) is 0 Å². The second-order valence-corrected chi connectivity index (χ2v) is 7.10. The summed E-state index contributed by atoms with van der Waals surface area (Å²) in [4.78, 5) is 10.5. The number of carbonyl (C=O) groups is 1. The summed E-state index contributed by atoms with van der Waals surface area (Å²) in [5.41, 5.74) is 0. The molecule has 0 spiro atoms. The number of carboxylic acids is 1. The number of carboxylic acid groups (broad SMARTS) is 1. The second-order valence-electron chi connectivity index (χ2n) is 2.63. The van der Waals surface area contributed by atoms with Gasteiger partial charge in [0.25, 0.3) is 0 Å². The molecule has 0 aliphatic rings. The molecule has 0 radical (unpaired) electrons. The number of hydrogen-bond donors (Lipinski definition) is 1. The average molecular weight is 220 g/mol. The first-order valence-corrected chi connectivity index (χ1v) is 6.37. The van der Waals surface area contributed by atoms with Crippen LogP contribution in [0.25, 0.3) is 0 Å². The summed E-state index contributed by atoms with van der Waals surface area (Å²) in [6.07, 6.45) is 0. The van der Waals surface area contributed by atoms with Gasteiger partial charge in [0.2, 0.25) is 0 Å². The molecule has 0 unspecified atom stereocenters. The van der Waals surface area contributed by atoms with Gasteiger partial charge in [-0.2, -0.15) is 0 Å². The minimum atomic E-state index is -0.809. The molecular formula is C8H20CaO2S. The van der Waals surface area contributed by atoms with Gasteiger partial charge in [0, 0.05) is 0 Å². The predicted molar refractivity (Wildman–Crippen MR) is 60.3 cm³/mol. The molecule has 0 amide bonds. The van der Waals surface area contributed by atoms with Crippen LogP contribution in [-0.4, -0.2) is 71.8 Å². The van der Waals surface area contributed by atoms with Crippen molar-refractivity contribution in [1.82, 2.24) is 0 Å². The van der Waals surface area contributed by atoms with E-state index >= 15 is 0 Å². The van der Waals surface area contributed by atoms with Crippen molar-refractivity contribution in [2.45, 2.75) is 20.8 Å². The molecule has 0 saturated heterocycles. The van der Waals surface area contributed by atoms with Crippen molar-refractivity contribution in [3.05, 3.63) is 0 Å². The van der Waals surface area contributed by atoms with Crippen molar-refractivity contribution in [2.24, 2.45) is 0 Å². The van der Waals surface area contributed by atoms with Gasteiger partial charge in [0.1, 0.15) is 0 Å². The Kier molecular flexibility index (Phi) is 9.69. The minimum absolute atomic E-state index is 0. The van der Waals surface area contributed by atoms with Gasteiger partial charge in [0.05, 0.1) is 5.75 Å². The zero-order chi connectivity index (χ0) is 8.91. The average Bonchev–Trinajstić information content (AvgIpc) is 2.00. The summed E-state index contributed by atoms with van der Waals surface area (Å²) in [6.45, 7) is 6.31. The molecule has 0 rings (SSSR count). The van der Waals surface area contributed by atoms with Crippen LogP contribution < -0.4 is 0 Å². The first kappa shape index (κ1) is 15.5. The van der Waals surface area contributed by atoms with E-state index in [-0.39, 0.29) is 37.7 Å². The number of hydrogen-bond acceptors (Lipinski definition) is 1. The third-order valence-electron chi connectivity index (χ3n) is 2.27. The molecule has 0 saturated carbocycles. The van der Waals surface area contributed by atoms with Crippen molar-refractivity contribution < 1.29 is 9.90 Å². The molecule has 0 atom stereocenters. The molecule has 0 aromatic heterocycles. The first-order chi connectivity index (χ1) is 5.10. The van der Waals surface area contributed by atoms with Crippen LogP contribution in [0.4, 0.5) is 0 Å². The molecule has 0 aliphatic carbocycles. The Labute approximate surface area is 106 Å². The van der Waals surface area contributed by atoms with E-state index in [1.165, 1.54) is 0 Å². The maximum absolute atomic E-state index is 10.5. The summed E-state index contributed by atoms with van der Waals surface area (Å²) >= 11 is 0. The van der Waals surface area contributed by atoms with Crippen LogP contribution in [0, 0.1) is 0 Å². The molecule has 0 bridgehead atoms. The summed E-state index contributed by atoms with van der Waals surface area (Å²) < 4.78 is 0. The Bertz CT molecular complexity index is 127. The zero-order valence-corrected chi connectivity index (χ0v) is 8.41. The fourth-order valence-corrected chi connectivity index (χ4v) is 3.54. The van der Waals surface area contributed by atoms with E-state index in [2.05, 4.69) is 20.8 Å². The van der Waals surface area contributed by atoms with Gasteiger partial charge < -0.3 is 5.11 Å². The van der Waals surface area contributed by atoms with Crippen LogP contribution in [0.5, 0.6) is 0 Å². The van der Waals surface area contributed by atoms with E-state index in [1.807, 2.05) is 0 Å². The summed E-state index contributed by atoms with van der Waals surface area (Å²) in [7, 11) is -0.809. The van der Waals surface area contributed by atoms with Crippen LogP contribution >= 0.6 is 10.0 Å². The van der Waals surface area contributed by atoms with Crippen molar-refractivity contribution in [3.63, 3.8) is 0 Å². The fraction of sp³-hybridized carbons (Fsp3) is 0.875. The van der Waals surface area contributed by atoms with Crippen molar-refractivity contribution >= 4 is 53.7 Å². The molecule has 1 N–H and O–H groups in total. The molecule has 12 heavy (non-hydrogen) atoms. The molecule has 0 heterocycles. The monoisotopic (exact) mass is 220 g/mol. The third-order valence-corrected chi connectivity index (χ3v) is 6.80. The van der Waals surface area contributed by atoms with E-state index in [9.17, 15) is 4.79 Å². The topological polar surface area (TPSA) is 37.3 Å². The van der Waals surface area contributed by atoms with E-state index in [0.29, 0.717) is 5.75 Å². The summed E-state index contributed by atoms with van der Waals surface area (Å²) in [5.74, 6) is 2.91. The predicted octanol–water partition coefficient (Wildman–Crippen LogP) is 1.02. The van der Waals surface area contributed by atoms with Gasteiger partial charge in [-0.1, -0.05) is 20.8 Å². The first-order valence-electron chi connectivity index (χ1n) is 4.06. The standard InChI is InChI=1S/C8H18O2S.Ca.2H/c1-4-11(5-2,6-3)7-8(9)10;;;/h4-7H2,1-3H3,(H,9,10);;;. The summed E-state index contributed by atoms with van der Waals surface area (Å²) in [5, 5.41) is 8.66. The van der Waals surface area contributed by atoms with Crippen LogP contribution in [0.3, 0.4) is 0 Å². The van der Waals surface area contributed by atoms with Gasteiger partial charge in [-0.3, -0.25) is 4.79 Å². The maximum atomic E-state index is 10.5. The fourth-order valence-electron chi connectivity index (χ4n) is 1.18. The van der Waals surface area contributed by atoms with E-state index in [0.717, 1.165) is 17.3 Å². The van der Waals surface area contributed by atoms with Gasteiger partial charge in [-0.25, -0.2) is 10.0 Å². The molecule has 0 fully saturated rings. The Morgan fingerprint density at radius 1 is 1.17 bits per heavy atom. The van der Waals surface area contributed by atoms with Crippen LogP contribution in [0.2, 0.25) is 0 Å². The molecule has 0 aromatic rings. The van der Waals surface area contributed by atoms with Crippen LogP contribution in [-0.2, 0) is 4.79 Å². The third kappa shape index (κ3) is 4.95. The Hall–Kier alpha value is 1.08. The zero-order valence-electron chi connectivity index (χ0n) is 7.59.